The number of rotatable bonds is 5. The number of carbonyl (C=O) groups is 2. The molecule has 4 aromatic heterocycles. The van der Waals surface area contributed by atoms with Crippen LogP contribution in [0.25, 0.3) is 16.0 Å². The number of hydrogen-bond donors (Lipinski definition) is 1. The van der Waals surface area contributed by atoms with Crippen LogP contribution in [0, 0.1) is 27.7 Å². The van der Waals surface area contributed by atoms with E-state index in [2.05, 4.69) is 25.4 Å². The Morgan fingerprint density at radius 3 is 2.69 bits per heavy atom. The topological polar surface area (TPSA) is 115 Å². The van der Waals surface area contributed by atoms with Crippen LogP contribution in [0.2, 0.25) is 0 Å². The highest BCUT2D eigenvalue weighted by molar-refractivity contribution is 7.21. The average Bonchev–Trinajstić information content (AvgIpc) is 3.44. The molecular weight excluding hydrogens is 466 g/mol. The number of fused-ring (bicyclic) bond motifs is 2. The first-order valence-corrected chi connectivity index (χ1v) is 12.4. The van der Waals surface area contributed by atoms with Crippen molar-refractivity contribution in [1.29, 1.82) is 0 Å². The van der Waals surface area contributed by atoms with Crippen LogP contribution in [0.1, 0.15) is 44.3 Å². The van der Waals surface area contributed by atoms with Gasteiger partial charge in [0.25, 0.3) is 11.7 Å². The molecule has 0 bridgehead atoms. The van der Waals surface area contributed by atoms with Gasteiger partial charge in [-0.05, 0) is 51.3 Å². The van der Waals surface area contributed by atoms with Gasteiger partial charge in [0.05, 0.1) is 18.9 Å². The molecule has 0 atom stereocenters. The molecule has 10 nitrogen and oxygen atoms in total. The SMILES string of the molecule is Cc1cc(C)c2c(NC(=O)CCc3c(C)nc4ncnn4c3C)c(C(=O)N3CCOCC3)sc2n1. The molecule has 0 aliphatic carbocycles. The fraction of sp³-hybridized carbons (Fsp3) is 0.417. The van der Waals surface area contributed by atoms with E-state index in [0.29, 0.717) is 49.1 Å². The summed E-state index contributed by atoms with van der Waals surface area (Å²) in [5.74, 6) is 0.275. The van der Waals surface area contributed by atoms with Crippen molar-refractivity contribution in [2.45, 2.75) is 40.5 Å². The van der Waals surface area contributed by atoms with Crippen LogP contribution in [0.15, 0.2) is 12.4 Å². The van der Waals surface area contributed by atoms with Gasteiger partial charge in [-0.1, -0.05) is 0 Å². The molecule has 1 aliphatic heterocycles. The van der Waals surface area contributed by atoms with Crippen molar-refractivity contribution < 1.29 is 14.3 Å². The third kappa shape index (κ3) is 4.37. The molecule has 1 aliphatic rings. The van der Waals surface area contributed by atoms with Crippen molar-refractivity contribution in [1.82, 2.24) is 29.5 Å². The summed E-state index contributed by atoms with van der Waals surface area (Å²) in [4.78, 5) is 42.9. The molecule has 0 radical (unpaired) electrons. The van der Waals surface area contributed by atoms with Gasteiger partial charge in [-0.3, -0.25) is 9.59 Å². The first kappa shape index (κ1) is 23.3. The molecule has 11 heteroatoms. The van der Waals surface area contributed by atoms with Crippen LogP contribution in [-0.4, -0.2) is 67.6 Å². The van der Waals surface area contributed by atoms with Crippen LogP contribution in [0.4, 0.5) is 5.69 Å². The van der Waals surface area contributed by atoms with Gasteiger partial charge in [0.1, 0.15) is 16.0 Å². The molecule has 1 N–H and O–H groups in total. The van der Waals surface area contributed by atoms with E-state index in [1.54, 1.807) is 9.42 Å². The van der Waals surface area contributed by atoms with Crippen LogP contribution >= 0.6 is 11.3 Å². The summed E-state index contributed by atoms with van der Waals surface area (Å²) in [5, 5.41) is 8.10. The van der Waals surface area contributed by atoms with E-state index >= 15 is 0 Å². The minimum absolute atomic E-state index is 0.101. The molecule has 0 spiro atoms. The molecule has 4 aromatic rings. The van der Waals surface area contributed by atoms with E-state index in [1.165, 1.54) is 17.7 Å². The van der Waals surface area contributed by atoms with Crippen molar-refractivity contribution in [3.05, 3.63) is 45.5 Å². The maximum atomic E-state index is 13.4. The van der Waals surface area contributed by atoms with Crippen molar-refractivity contribution >= 4 is 44.8 Å². The fourth-order valence-corrected chi connectivity index (χ4v) is 5.80. The zero-order valence-electron chi connectivity index (χ0n) is 20.2. The summed E-state index contributed by atoms with van der Waals surface area (Å²) in [6.07, 6.45) is 2.21. The second-order valence-corrected chi connectivity index (χ2v) is 9.75. The molecule has 182 valence electrons. The molecule has 1 saturated heterocycles. The minimum Gasteiger partial charge on any atom is -0.378 e. The van der Waals surface area contributed by atoms with Crippen LogP contribution < -0.4 is 5.32 Å². The predicted molar refractivity (Wildman–Crippen MR) is 133 cm³/mol. The molecule has 1 fully saturated rings. The second kappa shape index (κ2) is 9.31. The largest absolute Gasteiger partial charge is 0.378 e. The Balaban J connectivity index is 1.44. The Kier molecular flexibility index (Phi) is 6.20. The van der Waals surface area contributed by atoms with E-state index in [0.717, 1.165) is 38.4 Å². The number of morpholine rings is 1. The Hall–Kier alpha value is -3.44. The lowest BCUT2D eigenvalue weighted by atomic mass is 10.1. The normalized spacial score (nSPS) is 14.1. The lowest BCUT2D eigenvalue weighted by Gasteiger charge is -2.26. The van der Waals surface area contributed by atoms with Gasteiger partial charge in [-0.15, -0.1) is 11.3 Å². The highest BCUT2D eigenvalue weighted by Gasteiger charge is 2.27. The van der Waals surface area contributed by atoms with E-state index in [1.807, 2.05) is 33.8 Å². The summed E-state index contributed by atoms with van der Waals surface area (Å²) < 4.78 is 7.09. The lowest BCUT2D eigenvalue weighted by molar-refractivity contribution is -0.116. The molecule has 5 rings (SSSR count). The Labute approximate surface area is 206 Å². The molecule has 0 saturated carbocycles. The number of hydrogen-bond acceptors (Lipinski definition) is 8. The number of pyridine rings is 1. The molecule has 5 heterocycles. The van der Waals surface area contributed by atoms with Gasteiger partial charge in [0, 0.05) is 42.0 Å². The fourth-order valence-electron chi connectivity index (χ4n) is 4.58. The second-order valence-electron chi connectivity index (χ2n) is 8.75. The average molecular weight is 494 g/mol. The Bertz CT molecular complexity index is 1450. The van der Waals surface area contributed by atoms with Gasteiger partial charge in [0.2, 0.25) is 5.91 Å². The number of aromatic nitrogens is 5. The number of ether oxygens (including phenoxy) is 1. The number of thiophene rings is 1. The summed E-state index contributed by atoms with van der Waals surface area (Å²) in [6, 6.07) is 1.97. The van der Waals surface area contributed by atoms with Crippen molar-refractivity contribution in [2.75, 3.05) is 31.6 Å². The van der Waals surface area contributed by atoms with Crippen LogP contribution in [0.5, 0.6) is 0 Å². The summed E-state index contributed by atoms with van der Waals surface area (Å²) in [7, 11) is 0. The van der Waals surface area contributed by atoms with Crippen LogP contribution in [0.3, 0.4) is 0 Å². The molecule has 0 aromatic carbocycles. The lowest BCUT2D eigenvalue weighted by Crippen LogP contribution is -2.40. The van der Waals surface area contributed by atoms with Gasteiger partial charge >= 0.3 is 0 Å². The summed E-state index contributed by atoms with van der Waals surface area (Å²) >= 11 is 1.33. The smallest absolute Gasteiger partial charge is 0.266 e. The quantitative estimate of drug-likeness (QED) is 0.454. The summed E-state index contributed by atoms with van der Waals surface area (Å²) in [5.41, 5.74) is 5.11. The first-order valence-electron chi connectivity index (χ1n) is 11.6. The number of amides is 2. The third-order valence-corrected chi connectivity index (χ3v) is 7.41. The maximum Gasteiger partial charge on any atom is 0.266 e. The van der Waals surface area contributed by atoms with Gasteiger partial charge in [0.15, 0.2) is 0 Å². The number of nitrogens with zero attached hydrogens (tertiary/aromatic N) is 6. The van der Waals surface area contributed by atoms with E-state index < -0.39 is 0 Å². The van der Waals surface area contributed by atoms with Gasteiger partial charge in [-0.25, -0.2) is 14.5 Å². The van der Waals surface area contributed by atoms with Crippen LogP contribution in [-0.2, 0) is 16.0 Å². The summed E-state index contributed by atoms with van der Waals surface area (Å²) in [6.45, 7) is 9.86. The van der Waals surface area contributed by atoms with Crippen molar-refractivity contribution in [3.8, 4) is 0 Å². The predicted octanol–water partition coefficient (Wildman–Crippen LogP) is 3.01. The number of nitrogens with one attached hydrogen (secondary N) is 1. The third-order valence-electron chi connectivity index (χ3n) is 6.33. The van der Waals surface area contributed by atoms with E-state index in [4.69, 9.17) is 4.74 Å². The first-order chi connectivity index (χ1) is 16.8. The standard InChI is InChI=1S/C24H27N7O3S/c1-13-11-14(2)27-22-19(13)20(21(35-22)23(33)30-7-9-34-10-8-30)29-18(32)6-5-17-15(3)28-24-25-12-26-31(24)16(17)4/h11-12H,5-10H2,1-4H3,(H,29,32). The monoisotopic (exact) mass is 493 g/mol. The highest BCUT2D eigenvalue weighted by atomic mass is 32.1. The highest BCUT2D eigenvalue weighted by Crippen LogP contribution is 2.38. The molecule has 0 unspecified atom stereocenters. The minimum atomic E-state index is -0.168. The van der Waals surface area contributed by atoms with E-state index in [-0.39, 0.29) is 18.2 Å². The van der Waals surface area contributed by atoms with Gasteiger partial charge in [-0.2, -0.15) is 10.1 Å². The number of aryl methyl sites for hydroxylation is 4. The zero-order valence-corrected chi connectivity index (χ0v) is 21.0. The van der Waals surface area contributed by atoms with E-state index in [9.17, 15) is 9.59 Å². The number of carbonyl (C=O) groups excluding carboxylic acids is 2. The Morgan fingerprint density at radius 2 is 1.91 bits per heavy atom. The maximum absolute atomic E-state index is 13.4. The molecular formula is C24H27N7O3S. The molecule has 35 heavy (non-hydrogen) atoms. The number of anilines is 1. The molecule has 2 amide bonds. The van der Waals surface area contributed by atoms with Crippen molar-refractivity contribution in [3.63, 3.8) is 0 Å². The Morgan fingerprint density at radius 1 is 1.14 bits per heavy atom. The zero-order chi connectivity index (χ0) is 24.7. The van der Waals surface area contributed by atoms with Crippen molar-refractivity contribution in [2.24, 2.45) is 0 Å². The van der Waals surface area contributed by atoms with Gasteiger partial charge < -0.3 is 15.0 Å².